The number of nitrogens with zero attached hydrogens (tertiary/aromatic N) is 1. The summed E-state index contributed by atoms with van der Waals surface area (Å²) in [6.45, 7) is 0. The van der Waals surface area contributed by atoms with Crippen LogP contribution in [-0.4, -0.2) is 20.7 Å². The van der Waals surface area contributed by atoms with Crippen molar-refractivity contribution >= 4 is 5.97 Å². The number of carbonyl (C=O) groups is 1. The van der Waals surface area contributed by atoms with Crippen LogP contribution in [0, 0.1) is 0 Å². The van der Waals surface area contributed by atoms with Gasteiger partial charge in [-0.25, -0.2) is 4.79 Å². The smallest absolute Gasteiger partial charge is 0.337 e. The van der Waals surface area contributed by atoms with Gasteiger partial charge in [-0.3, -0.25) is 0 Å². The predicted octanol–water partition coefficient (Wildman–Crippen LogP) is 1.88. The van der Waals surface area contributed by atoms with E-state index in [1.807, 2.05) is 0 Å². The fraction of sp³-hybridized carbons (Fsp3) is 0. The molecule has 1 aromatic carbocycles. The zero-order chi connectivity index (χ0) is 10.8. The molecule has 1 heterocycles. The standard InChI is InChI=1S/C11H9NO3/c13-10-3-1-2-9(6-10)12-5-4-8(7-12)11(14)15/h1-7,13H,(H,14,15). The highest BCUT2D eigenvalue weighted by molar-refractivity contribution is 5.87. The van der Waals surface area contributed by atoms with Crippen LogP contribution in [0.3, 0.4) is 0 Å². The van der Waals surface area contributed by atoms with Gasteiger partial charge in [-0.2, -0.15) is 0 Å². The summed E-state index contributed by atoms with van der Waals surface area (Å²) in [7, 11) is 0. The number of hydrogen-bond donors (Lipinski definition) is 2. The summed E-state index contributed by atoms with van der Waals surface area (Å²) in [5.41, 5.74) is 0.945. The Hall–Kier alpha value is -2.23. The summed E-state index contributed by atoms with van der Waals surface area (Å²) in [5.74, 6) is -0.813. The average Bonchev–Trinajstić information content (AvgIpc) is 2.66. The zero-order valence-electron chi connectivity index (χ0n) is 7.79. The van der Waals surface area contributed by atoms with E-state index < -0.39 is 5.97 Å². The molecule has 4 nitrogen and oxygen atoms in total. The molecule has 15 heavy (non-hydrogen) atoms. The number of hydrogen-bond acceptors (Lipinski definition) is 2. The van der Waals surface area contributed by atoms with Gasteiger partial charge in [-0.15, -0.1) is 0 Å². The molecule has 0 atom stereocenters. The van der Waals surface area contributed by atoms with Gasteiger partial charge in [-0.05, 0) is 18.2 Å². The van der Waals surface area contributed by atoms with Gasteiger partial charge < -0.3 is 14.8 Å². The Morgan fingerprint density at radius 2 is 2.07 bits per heavy atom. The van der Waals surface area contributed by atoms with Crippen LogP contribution < -0.4 is 0 Å². The molecule has 2 rings (SSSR count). The first-order chi connectivity index (χ1) is 7.16. The lowest BCUT2D eigenvalue weighted by Crippen LogP contribution is -1.94. The summed E-state index contributed by atoms with van der Waals surface area (Å²) in [5, 5.41) is 18.0. The molecule has 0 saturated heterocycles. The van der Waals surface area contributed by atoms with Crippen LogP contribution >= 0.6 is 0 Å². The second-order valence-electron chi connectivity index (χ2n) is 3.13. The Labute approximate surface area is 86.0 Å². The number of phenolic OH excluding ortho intramolecular Hbond substituents is 1. The fourth-order valence-electron chi connectivity index (χ4n) is 1.34. The Morgan fingerprint density at radius 3 is 2.67 bits per heavy atom. The summed E-state index contributed by atoms with van der Waals surface area (Å²) in [6, 6.07) is 8.11. The Morgan fingerprint density at radius 1 is 1.27 bits per heavy atom. The third-order valence-corrected chi connectivity index (χ3v) is 2.07. The molecule has 0 aliphatic rings. The Balaban J connectivity index is 2.41. The number of aromatic carboxylic acids is 1. The second-order valence-corrected chi connectivity index (χ2v) is 3.13. The molecular weight excluding hydrogens is 194 g/mol. The van der Waals surface area contributed by atoms with Gasteiger partial charge in [-0.1, -0.05) is 6.07 Å². The number of aromatic hydroxyl groups is 1. The number of rotatable bonds is 2. The van der Waals surface area contributed by atoms with Crippen LogP contribution in [0.2, 0.25) is 0 Å². The van der Waals surface area contributed by atoms with Gasteiger partial charge in [0, 0.05) is 24.1 Å². The molecule has 76 valence electrons. The van der Waals surface area contributed by atoms with E-state index >= 15 is 0 Å². The van der Waals surface area contributed by atoms with Crippen molar-refractivity contribution < 1.29 is 15.0 Å². The predicted molar refractivity (Wildman–Crippen MR) is 54.4 cm³/mol. The lowest BCUT2D eigenvalue weighted by atomic mass is 10.3. The van der Waals surface area contributed by atoms with E-state index in [0.29, 0.717) is 0 Å². The summed E-state index contributed by atoms with van der Waals surface area (Å²) in [6.07, 6.45) is 3.13. The topological polar surface area (TPSA) is 62.5 Å². The van der Waals surface area contributed by atoms with Gasteiger partial charge >= 0.3 is 5.97 Å². The highest BCUT2D eigenvalue weighted by atomic mass is 16.4. The first-order valence-corrected chi connectivity index (χ1v) is 4.37. The van der Waals surface area contributed by atoms with Crippen molar-refractivity contribution in [3.05, 3.63) is 48.3 Å². The van der Waals surface area contributed by atoms with Crippen molar-refractivity contribution in [2.75, 3.05) is 0 Å². The molecule has 0 bridgehead atoms. The number of aromatic nitrogens is 1. The molecule has 0 radical (unpaired) electrons. The molecule has 0 fully saturated rings. The molecular formula is C11H9NO3. The van der Waals surface area contributed by atoms with Crippen molar-refractivity contribution in [3.8, 4) is 11.4 Å². The van der Waals surface area contributed by atoms with Crippen LogP contribution in [0.4, 0.5) is 0 Å². The number of phenols is 1. The molecule has 4 heteroatoms. The number of benzene rings is 1. The fourth-order valence-corrected chi connectivity index (χ4v) is 1.34. The van der Waals surface area contributed by atoms with E-state index in [-0.39, 0.29) is 11.3 Å². The molecule has 2 N–H and O–H groups in total. The quantitative estimate of drug-likeness (QED) is 0.783. The maximum atomic E-state index is 10.6. The molecule has 0 unspecified atom stereocenters. The van der Waals surface area contributed by atoms with E-state index in [9.17, 15) is 9.90 Å². The van der Waals surface area contributed by atoms with E-state index in [4.69, 9.17) is 5.11 Å². The number of carboxylic acids is 1. The van der Waals surface area contributed by atoms with E-state index in [2.05, 4.69) is 0 Å². The van der Waals surface area contributed by atoms with Crippen molar-refractivity contribution in [1.82, 2.24) is 4.57 Å². The highest BCUT2D eigenvalue weighted by Gasteiger charge is 2.05. The Bertz CT molecular complexity index is 502. The first-order valence-electron chi connectivity index (χ1n) is 4.37. The molecule has 0 spiro atoms. The molecule has 0 aliphatic carbocycles. The summed E-state index contributed by atoms with van der Waals surface area (Å²) >= 11 is 0. The SMILES string of the molecule is O=C(O)c1ccn(-c2cccc(O)c2)c1. The molecule has 0 amide bonds. The lowest BCUT2D eigenvalue weighted by Gasteiger charge is -2.02. The van der Waals surface area contributed by atoms with Gasteiger partial charge in [0.2, 0.25) is 0 Å². The average molecular weight is 203 g/mol. The van der Waals surface area contributed by atoms with Gasteiger partial charge in [0.05, 0.1) is 5.56 Å². The molecule has 2 aromatic rings. The van der Waals surface area contributed by atoms with E-state index in [1.54, 1.807) is 35.0 Å². The van der Waals surface area contributed by atoms with Gasteiger partial charge in [0.1, 0.15) is 5.75 Å². The summed E-state index contributed by atoms with van der Waals surface area (Å²) < 4.78 is 1.64. The molecule has 0 saturated carbocycles. The number of carboxylic acid groups (broad SMARTS) is 1. The third-order valence-electron chi connectivity index (χ3n) is 2.07. The van der Waals surface area contributed by atoms with Crippen molar-refractivity contribution in [2.45, 2.75) is 0 Å². The maximum Gasteiger partial charge on any atom is 0.337 e. The second kappa shape index (κ2) is 3.49. The van der Waals surface area contributed by atoms with E-state index in [0.717, 1.165) is 5.69 Å². The summed E-state index contributed by atoms with van der Waals surface area (Å²) in [4.78, 5) is 10.6. The van der Waals surface area contributed by atoms with Crippen LogP contribution in [-0.2, 0) is 0 Å². The van der Waals surface area contributed by atoms with Crippen molar-refractivity contribution in [2.24, 2.45) is 0 Å². The molecule has 0 aliphatic heterocycles. The largest absolute Gasteiger partial charge is 0.508 e. The highest BCUT2D eigenvalue weighted by Crippen LogP contribution is 2.16. The van der Waals surface area contributed by atoms with Crippen molar-refractivity contribution in [3.63, 3.8) is 0 Å². The van der Waals surface area contributed by atoms with Crippen LogP contribution in [0.25, 0.3) is 5.69 Å². The van der Waals surface area contributed by atoms with Gasteiger partial charge in [0.25, 0.3) is 0 Å². The third kappa shape index (κ3) is 1.83. The minimum absolute atomic E-state index is 0.151. The minimum Gasteiger partial charge on any atom is -0.508 e. The first kappa shape index (κ1) is 9.33. The van der Waals surface area contributed by atoms with Crippen LogP contribution in [0.1, 0.15) is 10.4 Å². The minimum atomic E-state index is -0.964. The monoisotopic (exact) mass is 203 g/mol. The normalized spacial score (nSPS) is 10.1. The maximum absolute atomic E-state index is 10.6. The molecule has 1 aromatic heterocycles. The van der Waals surface area contributed by atoms with E-state index in [1.165, 1.54) is 12.3 Å². The zero-order valence-corrected chi connectivity index (χ0v) is 7.79. The van der Waals surface area contributed by atoms with Crippen LogP contribution in [0.15, 0.2) is 42.7 Å². The lowest BCUT2D eigenvalue weighted by molar-refractivity contribution is 0.0697. The van der Waals surface area contributed by atoms with Crippen molar-refractivity contribution in [1.29, 1.82) is 0 Å². The Kier molecular flexibility index (Phi) is 2.17. The van der Waals surface area contributed by atoms with Crippen LogP contribution in [0.5, 0.6) is 5.75 Å². The van der Waals surface area contributed by atoms with Gasteiger partial charge in [0.15, 0.2) is 0 Å².